The molecule has 170 valence electrons. The van der Waals surface area contributed by atoms with E-state index >= 15 is 0 Å². The monoisotopic (exact) mass is 459 g/mol. The van der Waals surface area contributed by atoms with E-state index in [4.69, 9.17) is 9.97 Å². The van der Waals surface area contributed by atoms with Gasteiger partial charge in [0.05, 0.1) is 24.0 Å². The highest BCUT2D eigenvalue weighted by Crippen LogP contribution is 2.31. The molecule has 4 rings (SSSR count). The summed E-state index contributed by atoms with van der Waals surface area (Å²) in [6.45, 7) is 5.28. The van der Waals surface area contributed by atoms with E-state index in [0.29, 0.717) is 12.5 Å². The summed E-state index contributed by atoms with van der Waals surface area (Å²) in [6, 6.07) is 20.8. The van der Waals surface area contributed by atoms with Crippen molar-refractivity contribution in [2.45, 2.75) is 39.2 Å². The van der Waals surface area contributed by atoms with E-state index in [1.54, 1.807) is 11.8 Å². The second kappa shape index (κ2) is 11.1. The van der Waals surface area contributed by atoms with Crippen LogP contribution in [0, 0.1) is 0 Å². The molecule has 1 amide bonds. The summed E-state index contributed by atoms with van der Waals surface area (Å²) in [5.74, 6) is 1.83. The van der Waals surface area contributed by atoms with Crippen LogP contribution in [0.3, 0.4) is 0 Å². The molecule has 0 atom stereocenters. The number of hydrogen-bond acceptors (Lipinski definition) is 6. The summed E-state index contributed by atoms with van der Waals surface area (Å²) < 4.78 is 0. The van der Waals surface area contributed by atoms with Gasteiger partial charge in [-0.3, -0.25) is 9.78 Å². The molecule has 0 aliphatic carbocycles. The number of nitrogens with one attached hydrogen (secondary N) is 1. The van der Waals surface area contributed by atoms with Crippen molar-refractivity contribution in [3.05, 3.63) is 66.9 Å². The van der Waals surface area contributed by atoms with Crippen molar-refractivity contribution in [1.82, 2.24) is 15.4 Å². The largest absolute Gasteiger partial charge is 0.353 e. The normalized spacial score (nSPS) is 13.2. The van der Waals surface area contributed by atoms with Crippen LogP contribution in [0.25, 0.3) is 22.5 Å². The maximum atomic E-state index is 11.2. The van der Waals surface area contributed by atoms with Crippen LogP contribution in [0.15, 0.2) is 72.0 Å². The smallest absolute Gasteiger partial charge is 0.246 e. The van der Waals surface area contributed by atoms with E-state index < -0.39 is 0 Å². The first-order valence-corrected chi connectivity index (χ1v) is 12.3. The average Bonchev–Trinajstić information content (AvgIpc) is 3.27. The maximum Gasteiger partial charge on any atom is 0.246 e. The molecule has 3 aromatic rings. The number of hydrazone groups is 1. The van der Waals surface area contributed by atoms with E-state index in [2.05, 4.69) is 53.5 Å². The van der Waals surface area contributed by atoms with Crippen LogP contribution in [0.2, 0.25) is 0 Å². The molecule has 0 spiro atoms. The number of hydrogen-bond donors (Lipinski definition) is 1. The number of carbonyl (C=O) groups excluding carboxylic acids is 1. The molecule has 1 aliphatic rings. The number of thioether (sulfide) groups is 1. The zero-order valence-corrected chi connectivity index (χ0v) is 19.9. The number of aromatic nitrogens is 2. The first kappa shape index (κ1) is 23.0. The van der Waals surface area contributed by atoms with Crippen LogP contribution in [-0.2, 0) is 4.79 Å². The summed E-state index contributed by atoms with van der Waals surface area (Å²) in [5, 5.41) is 4.93. The third-order valence-electron chi connectivity index (χ3n) is 5.45. The minimum absolute atomic E-state index is 0.0183. The topological polar surface area (TPSA) is 70.5 Å². The lowest BCUT2D eigenvalue weighted by atomic mass is 10.0. The second-order valence-corrected chi connectivity index (χ2v) is 9.39. The standard InChI is InChI=1S/C26H29N5OS/c1-19(2)31(15-9-10-16-33-24-17-23(32)29-30-24)22-18-27-25(20-11-5-3-6-12-20)26(28-22)21-13-7-4-8-14-21/h3-8,11-14,18-19H,9-10,15-17H2,1-2H3,(H,29,32). The zero-order chi connectivity index (χ0) is 23.0. The fourth-order valence-electron chi connectivity index (χ4n) is 3.76. The lowest BCUT2D eigenvalue weighted by Gasteiger charge is -2.28. The van der Waals surface area contributed by atoms with Crippen molar-refractivity contribution in [1.29, 1.82) is 0 Å². The van der Waals surface area contributed by atoms with Gasteiger partial charge in [-0.2, -0.15) is 5.10 Å². The van der Waals surface area contributed by atoms with E-state index in [1.807, 2.05) is 42.6 Å². The summed E-state index contributed by atoms with van der Waals surface area (Å²) in [6.07, 6.45) is 4.38. The van der Waals surface area contributed by atoms with Crippen LogP contribution in [0.4, 0.5) is 5.82 Å². The molecule has 1 aromatic heterocycles. The molecule has 0 saturated carbocycles. The molecule has 1 N–H and O–H groups in total. The van der Waals surface area contributed by atoms with Crippen molar-refractivity contribution in [3.63, 3.8) is 0 Å². The second-order valence-electron chi connectivity index (χ2n) is 8.22. The van der Waals surface area contributed by atoms with E-state index in [9.17, 15) is 4.79 Å². The van der Waals surface area contributed by atoms with Gasteiger partial charge in [-0.1, -0.05) is 60.7 Å². The third-order valence-corrected chi connectivity index (χ3v) is 6.51. The van der Waals surface area contributed by atoms with Crippen LogP contribution in [-0.4, -0.2) is 39.3 Å². The summed E-state index contributed by atoms with van der Waals surface area (Å²) in [7, 11) is 0. The van der Waals surface area contributed by atoms with Gasteiger partial charge >= 0.3 is 0 Å². The highest BCUT2D eigenvalue weighted by Gasteiger charge is 2.18. The molecule has 2 heterocycles. The Bertz CT molecular complexity index is 1100. The van der Waals surface area contributed by atoms with Crippen LogP contribution in [0.1, 0.15) is 33.1 Å². The van der Waals surface area contributed by atoms with Gasteiger partial charge in [-0.05, 0) is 32.4 Å². The van der Waals surface area contributed by atoms with Gasteiger partial charge in [0.25, 0.3) is 0 Å². The Labute approximate surface area is 199 Å². The number of rotatable bonds is 9. The Morgan fingerprint density at radius 2 is 1.64 bits per heavy atom. The van der Waals surface area contributed by atoms with Crippen molar-refractivity contribution >= 4 is 28.5 Å². The molecule has 1 aliphatic heterocycles. The molecular weight excluding hydrogens is 430 g/mol. The molecule has 0 radical (unpaired) electrons. The van der Waals surface area contributed by atoms with Crippen molar-refractivity contribution in [3.8, 4) is 22.5 Å². The van der Waals surface area contributed by atoms with Crippen molar-refractivity contribution in [2.24, 2.45) is 5.10 Å². The zero-order valence-electron chi connectivity index (χ0n) is 19.1. The fourth-order valence-corrected chi connectivity index (χ4v) is 4.69. The Morgan fingerprint density at radius 3 is 2.24 bits per heavy atom. The van der Waals surface area contributed by atoms with Gasteiger partial charge in [-0.15, -0.1) is 11.8 Å². The number of amides is 1. The van der Waals surface area contributed by atoms with Gasteiger partial charge in [0.1, 0.15) is 10.9 Å². The van der Waals surface area contributed by atoms with Gasteiger partial charge in [0, 0.05) is 23.7 Å². The predicted molar refractivity (Wildman–Crippen MR) is 137 cm³/mol. The summed E-state index contributed by atoms with van der Waals surface area (Å²) >= 11 is 1.66. The van der Waals surface area contributed by atoms with E-state index in [0.717, 1.165) is 58.5 Å². The van der Waals surface area contributed by atoms with Gasteiger partial charge < -0.3 is 4.90 Å². The quantitative estimate of drug-likeness (QED) is 0.436. The molecule has 33 heavy (non-hydrogen) atoms. The maximum absolute atomic E-state index is 11.2. The summed E-state index contributed by atoms with van der Waals surface area (Å²) in [5.41, 5.74) is 6.42. The molecule has 0 fully saturated rings. The molecule has 0 bridgehead atoms. The SMILES string of the molecule is CC(C)N(CCCCSC1=NNC(=O)C1)c1cnc(-c2ccccc2)c(-c2ccccc2)n1. The molecule has 0 saturated heterocycles. The number of nitrogens with zero attached hydrogens (tertiary/aromatic N) is 4. The van der Waals surface area contributed by atoms with Crippen LogP contribution < -0.4 is 10.3 Å². The lowest BCUT2D eigenvalue weighted by molar-refractivity contribution is -0.119. The number of carbonyl (C=O) groups is 1. The van der Waals surface area contributed by atoms with Gasteiger partial charge in [0.15, 0.2) is 0 Å². The first-order chi connectivity index (χ1) is 16.1. The number of benzene rings is 2. The van der Waals surface area contributed by atoms with Crippen LogP contribution >= 0.6 is 11.8 Å². The first-order valence-electron chi connectivity index (χ1n) is 11.3. The van der Waals surface area contributed by atoms with Crippen molar-refractivity contribution in [2.75, 3.05) is 17.2 Å². The highest BCUT2D eigenvalue weighted by molar-refractivity contribution is 8.14. The Kier molecular flexibility index (Phi) is 7.73. The minimum atomic E-state index is -0.0183. The van der Waals surface area contributed by atoms with E-state index in [1.165, 1.54) is 0 Å². The molecule has 7 heteroatoms. The summed E-state index contributed by atoms with van der Waals surface area (Å²) in [4.78, 5) is 23.5. The van der Waals surface area contributed by atoms with E-state index in [-0.39, 0.29) is 5.91 Å². The lowest BCUT2D eigenvalue weighted by Crippen LogP contribution is -2.32. The van der Waals surface area contributed by atoms with Gasteiger partial charge in [0.2, 0.25) is 5.91 Å². The van der Waals surface area contributed by atoms with Crippen molar-refractivity contribution < 1.29 is 4.79 Å². The van der Waals surface area contributed by atoms with Gasteiger partial charge in [-0.25, -0.2) is 10.4 Å². The molecule has 0 unspecified atom stereocenters. The number of unbranched alkanes of at least 4 members (excludes halogenated alkanes) is 1. The minimum Gasteiger partial charge on any atom is -0.353 e. The molecular formula is C26H29N5OS. The molecule has 6 nitrogen and oxygen atoms in total. The number of anilines is 1. The Morgan fingerprint density at radius 1 is 0.970 bits per heavy atom. The molecule has 2 aromatic carbocycles. The highest BCUT2D eigenvalue weighted by atomic mass is 32.2. The predicted octanol–water partition coefficient (Wildman–Crippen LogP) is 5.37. The Balaban J connectivity index is 1.50. The fraction of sp³-hybridized carbons (Fsp3) is 0.308. The third kappa shape index (κ3) is 5.99. The van der Waals surface area contributed by atoms with Crippen LogP contribution in [0.5, 0.6) is 0 Å². The Hall–Kier alpha value is -3.19. The average molecular weight is 460 g/mol.